The molecule has 2 aromatic rings. The van der Waals surface area contributed by atoms with Gasteiger partial charge in [-0.1, -0.05) is 26.0 Å². The van der Waals surface area contributed by atoms with E-state index in [-0.39, 0.29) is 23.5 Å². The molecule has 0 saturated heterocycles. The summed E-state index contributed by atoms with van der Waals surface area (Å²) in [6.07, 6.45) is -1.81. The molecule has 2 aromatic carbocycles. The Bertz CT molecular complexity index is 1550. The van der Waals surface area contributed by atoms with Crippen LogP contribution in [0.4, 0.5) is 11.4 Å². The summed E-state index contributed by atoms with van der Waals surface area (Å²) in [5.74, 6) is -7.48. The summed E-state index contributed by atoms with van der Waals surface area (Å²) in [6, 6.07) is 4.98. The van der Waals surface area contributed by atoms with Crippen LogP contribution in [0.25, 0.3) is 0 Å². The zero-order chi connectivity index (χ0) is 36.8. The number of carbonyl (C=O) groups is 7. The van der Waals surface area contributed by atoms with Crippen molar-refractivity contribution in [3.05, 3.63) is 64.2 Å². The highest BCUT2D eigenvalue weighted by Crippen LogP contribution is 2.16. The first kappa shape index (κ1) is 39.1. The number of hydrogen-bond acceptors (Lipinski definition) is 10. The standard InChI is InChI=1S/C31H38N6O12/c1-16(2)27(36-30(46)22(34-24(39)12-13-25(40)41)14-18-4-10-21(38)11-5-18)31(47)32-17(3)28(44)35-23(15-26(42)43)29(45)33-19-6-8-20(9-7-19)37(48)49/h4-11,16-17,22-23,27,38H,12-15H2,1-3H3,(H,32,47)(H,33,45)(H,34,39)(H,35,44)(H,36,46)(H,40,41)(H,42,43)/t17-,22+,23+,27+/m0/s1. The molecule has 0 heterocycles. The van der Waals surface area contributed by atoms with Crippen molar-refractivity contribution in [3.63, 3.8) is 0 Å². The monoisotopic (exact) mass is 686 g/mol. The quantitative estimate of drug-likeness (QED) is 0.0783. The Labute approximate surface area is 279 Å². The number of hydrogen-bond donors (Lipinski definition) is 8. The third-order valence-corrected chi connectivity index (χ3v) is 6.95. The fourth-order valence-electron chi connectivity index (χ4n) is 4.30. The van der Waals surface area contributed by atoms with E-state index < -0.39 is 95.7 Å². The summed E-state index contributed by atoms with van der Waals surface area (Å²) in [7, 11) is 0. The molecule has 0 saturated carbocycles. The van der Waals surface area contributed by atoms with Crippen LogP contribution in [0.15, 0.2) is 48.5 Å². The van der Waals surface area contributed by atoms with Crippen molar-refractivity contribution in [1.29, 1.82) is 0 Å². The van der Waals surface area contributed by atoms with Crippen molar-refractivity contribution in [1.82, 2.24) is 21.3 Å². The molecule has 0 radical (unpaired) electrons. The number of nitro benzene ring substituents is 1. The van der Waals surface area contributed by atoms with Crippen LogP contribution in [-0.4, -0.2) is 85.9 Å². The highest BCUT2D eigenvalue weighted by molar-refractivity contribution is 6.00. The number of non-ortho nitro benzene ring substituents is 1. The van der Waals surface area contributed by atoms with E-state index in [1.54, 1.807) is 13.8 Å². The molecule has 8 N–H and O–H groups in total. The van der Waals surface area contributed by atoms with Gasteiger partial charge in [0.05, 0.1) is 17.8 Å². The third kappa shape index (κ3) is 13.3. The van der Waals surface area contributed by atoms with E-state index in [4.69, 9.17) is 5.11 Å². The molecule has 4 atom stereocenters. The number of benzene rings is 2. The second-order valence-electron chi connectivity index (χ2n) is 11.3. The summed E-state index contributed by atoms with van der Waals surface area (Å²) in [6.45, 7) is 4.46. The normalized spacial score (nSPS) is 13.1. The maximum Gasteiger partial charge on any atom is 0.305 e. The van der Waals surface area contributed by atoms with Crippen LogP contribution in [0.3, 0.4) is 0 Å². The molecule has 0 spiro atoms. The van der Waals surface area contributed by atoms with Gasteiger partial charge in [-0.05, 0) is 42.7 Å². The first-order chi connectivity index (χ1) is 23.0. The molecule has 0 aliphatic rings. The lowest BCUT2D eigenvalue weighted by Crippen LogP contribution is -2.59. The van der Waals surface area contributed by atoms with E-state index in [1.165, 1.54) is 43.3 Å². The number of carboxylic acids is 2. The number of nitrogens with zero attached hydrogens (tertiary/aromatic N) is 1. The Balaban J connectivity index is 2.13. The van der Waals surface area contributed by atoms with Gasteiger partial charge in [0.1, 0.15) is 29.9 Å². The fraction of sp³-hybridized carbons (Fsp3) is 0.387. The van der Waals surface area contributed by atoms with Crippen LogP contribution in [0.5, 0.6) is 5.75 Å². The molecule has 5 amide bonds. The Morgan fingerprint density at radius 1 is 0.714 bits per heavy atom. The summed E-state index contributed by atoms with van der Waals surface area (Å²) in [5.41, 5.74) is 0.377. The fourth-order valence-corrected chi connectivity index (χ4v) is 4.30. The Hall–Kier alpha value is -6.07. The lowest BCUT2D eigenvalue weighted by molar-refractivity contribution is -0.384. The van der Waals surface area contributed by atoms with Crippen LogP contribution < -0.4 is 26.6 Å². The SMILES string of the molecule is CC(C)[C@@H](NC(=O)[C@@H](Cc1ccc(O)cc1)NC(=O)CCC(=O)O)C(=O)N[C@@H](C)C(=O)N[C@H](CC(=O)O)C(=O)Nc1ccc([N+](=O)[O-])cc1. The number of carbonyl (C=O) groups excluding carboxylic acids is 5. The van der Waals surface area contributed by atoms with E-state index in [1.807, 2.05) is 0 Å². The number of nitro groups is 1. The lowest BCUT2D eigenvalue weighted by atomic mass is 10.0. The second kappa shape index (κ2) is 18.3. The average molecular weight is 687 g/mol. The molecule has 0 aliphatic carbocycles. The van der Waals surface area contributed by atoms with Crippen LogP contribution >= 0.6 is 0 Å². The van der Waals surface area contributed by atoms with Crippen molar-refractivity contribution in [2.75, 3.05) is 5.32 Å². The number of anilines is 1. The summed E-state index contributed by atoms with van der Waals surface area (Å²) in [5, 5.41) is 50.6. The molecule has 0 aromatic heterocycles. The van der Waals surface area contributed by atoms with Crippen LogP contribution in [0, 0.1) is 16.0 Å². The number of phenols is 1. The van der Waals surface area contributed by atoms with E-state index >= 15 is 0 Å². The number of aliphatic carboxylic acids is 2. The van der Waals surface area contributed by atoms with Gasteiger partial charge in [0.25, 0.3) is 5.69 Å². The molecule has 49 heavy (non-hydrogen) atoms. The largest absolute Gasteiger partial charge is 0.508 e. The first-order valence-electron chi connectivity index (χ1n) is 14.9. The van der Waals surface area contributed by atoms with Gasteiger partial charge in [-0.3, -0.25) is 43.7 Å². The number of aromatic hydroxyl groups is 1. The molecular weight excluding hydrogens is 648 g/mol. The highest BCUT2D eigenvalue weighted by Gasteiger charge is 2.32. The van der Waals surface area contributed by atoms with Crippen molar-refractivity contribution in [3.8, 4) is 5.75 Å². The van der Waals surface area contributed by atoms with E-state index in [0.29, 0.717) is 5.56 Å². The molecular formula is C31H38N6O12. The van der Waals surface area contributed by atoms with E-state index in [2.05, 4.69) is 26.6 Å². The Morgan fingerprint density at radius 2 is 1.33 bits per heavy atom. The number of rotatable bonds is 18. The number of carboxylic acid groups (broad SMARTS) is 2. The van der Waals surface area contributed by atoms with Gasteiger partial charge in [0.2, 0.25) is 29.5 Å². The van der Waals surface area contributed by atoms with Gasteiger partial charge in [-0.2, -0.15) is 0 Å². The molecule has 2 rings (SSSR count). The Morgan fingerprint density at radius 3 is 1.86 bits per heavy atom. The molecule has 0 unspecified atom stereocenters. The summed E-state index contributed by atoms with van der Waals surface area (Å²) in [4.78, 5) is 97.3. The maximum atomic E-state index is 13.4. The van der Waals surface area contributed by atoms with Gasteiger partial charge in [0.15, 0.2) is 0 Å². The highest BCUT2D eigenvalue weighted by atomic mass is 16.6. The van der Waals surface area contributed by atoms with E-state index in [0.717, 1.165) is 12.1 Å². The zero-order valence-electron chi connectivity index (χ0n) is 26.8. The molecule has 0 fully saturated rings. The molecule has 264 valence electrons. The number of amides is 5. The molecule has 18 heteroatoms. The van der Waals surface area contributed by atoms with Crippen molar-refractivity contribution in [2.24, 2.45) is 5.92 Å². The first-order valence-corrected chi connectivity index (χ1v) is 14.9. The molecule has 18 nitrogen and oxygen atoms in total. The van der Waals surface area contributed by atoms with Crippen LogP contribution in [0.1, 0.15) is 45.6 Å². The minimum absolute atomic E-state index is 0.0376. The average Bonchev–Trinajstić information content (AvgIpc) is 3.02. The lowest BCUT2D eigenvalue weighted by Gasteiger charge is -2.27. The topological polar surface area (TPSA) is 283 Å². The molecule has 0 aliphatic heterocycles. The van der Waals surface area contributed by atoms with Gasteiger partial charge >= 0.3 is 11.9 Å². The van der Waals surface area contributed by atoms with Crippen LogP contribution in [0.2, 0.25) is 0 Å². The smallest absolute Gasteiger partial charge is 0.305 e. The minimum atomic E-state index is -1.61. The van der Waals surface area contributed by atoms with Gasteiger partial charge in [-0.25, -0.2) is 0 Å². The predicted octanol–water partition coefficient (Wildman–Crippen LogP) is 0.436. The summed E-state index contributed by atoms with van der Waals surface area (Å²) >= 11 is 0. The van der Waals surface area contributed by atoms with Crippen molar-refractivity contribution >= 4 is 52.8 Å². The summed E-state index contributed by atoms with van der Waals surface area (Å²) < 4.78 is 0. The van der Waals surface area contributed by atoms with Crippen molar-refractivity contribution in [2.45, 2.75) is 70.6 Å². The number of nitrogens with one attached hydrogen (secondary N) is 5. The Kier molecular flexibility index (Phi) is 14.6. The van der Waals surface area contributed by atoms with Gasteiger partial charge < -0.3 is 41.9 Å². The maximum absolute atomic E-state index is 13.4. The second-order valence-corrected chi connectivity index (χ2v) is 11.3. The molecule has 0 bridgehead atoms. The van der Waals surface area contributed by atoms with Gasteiger partial charge in [-0.15, -0.1) is 0 Å². The van der Waals surface area contributed by atoms with Crippen molar-refractivity contribution < 1.29 is 53.8 Å². The zero-order valence-corrected chi connectivity index (χ0v) is 26.8. The minimum Gasteiger partial charge on any atom is -0.508 e. The number of phenolic OH excluding ortho intramolecular Hbond substituents is 1. The van der Waals surface area contributed by atoms with E-state index in [9.17, 15) is 53.9 Å². The van der Waals surface area contributed by atoms with Crippen LogP contribution in [-0.2, 0) is 40.0 Å². The third-order valence-electron chi connectivity index (χ3n) is 6.95. The predicted molar refractivity (Wildman–Crippen MR) is 171 cm³/mol. The van der Waals surface area contributed by atoms with Gasteiger partial charge in [0, 0.05) is 30.7 Å².